The van der Waals surface area contributed by atoms with Crippen molar-refractivity contribution in [2.75, 3.05) is 6.61 Å². The number of aryl methyl sites for hydroxylation is 1. The summed E-state index contributed by atoms with van der Waals surface area (Å²) in [7, 11) is 0. The quantitative estimate of drug-likeness (QED) is 0.686. The maximum Gasteiger partial charge on any atom is 0.207 e. The zero-order valence-corrected chi connectivity index (χ0v) is 8.78. The van der Waals surface area contributed by atoms with Gasteiger partial charge >= 0.3 is 0 Å². The lowest BCUT2D eigenvalue weighted by molar-refractivity contribution is 0.0580. The van der Waals surface area contributed by atoms with E-state index < -0.39 is 0 Å². The Hall–Kier alpha value is -1.22. The number of carbonyl (C=O) groups is 1. The van der Waals surface area contributed by atoms with Gasteiger partial charge in [-0.3, -0.25) is 9.78 Å². The summed E-state index contributed by atoms with van der Waals surface area (Å²) in [5, 5.41) is 0. The molecule has 0 N–H and O–H groups in total. The first-order valence-corrected chi connectivity index (χ1v) is 4.67. The highest BCUT2D eigenvalue weighted by atomic mass is 16.5. The molecule has 0 unspecified atom stereocenters. The van der Waals surface area contributed by atoms with Gasteiger partial charge in [-0.25, -0.2) is 0 Å². The van der Waals surface area contributed by atoms with Gasteiger partial charge in [0.15, 0.2) is 0 Å². The van der Waals surface area contributed by atoms with Gasteiger partial charge in [0.25, 0.3) is 0 Å². The third kappa shape index (κ3) is 2.92. The van der Waals surface area contributed by atoms with Crippen molar-refractivity contribution in [2.45, 2.75) is 26.9 Å². The van der Waals surface area contributed by atoms with Crippen LogP contribution in [0.3, 0.4) is 0 Å². The van der Waals surface area contributed by atoms with Crippen LogP contribution in [0.15, 0.2) is 18.3 Å². The molecule has 1 heterocycles. The van der Waals surface area contributed by atoms with Gasteiger partial charge in [-0.05, 0) is 32.4 Å². The van der Waals surface area contributed by atoms with Gasteiger partial charge in [0.05, 0.1) is 6.10 Å². The van der Waals surface area contributed by atoms with E-state index in [-0.39, 0.29) is 18.5 Å². The maximum atomic E-state index is 11.6. The summed E-state index contributed by atoms with van der Waals surface area (Å²) in [6.45, 7) is 5.78. The number of ether oxygens (including phenoxy) is 1. The van der Waals surface area contributed by atoms with Crippen LogP contribution in [0.2, 0.25) is 0 Å². The first-order valence-electron chi connectivity index (χ1n) is 4.67. The molecule has 0 radical (unpaired) electrons. The predicted molar refractivity (Wildman–Crippen MR) is 54.4 cm³/mol. The Bertz CT molecular complexity index is 321. The first kappa shape index (κ1) is 10.9. The SMILES string of the molecule is Cc1cccnc1C(=O)COC(C)C. The van der Waals surface area contributed by atoms with E-state index in [0.717, 1.165) is 5.56 Å². The molecule has 0 aliphatic rings. The molecule has 0 fully saturated rings. The van der Waals surface area contributed by atoms with Gasteiger partial charge < -0.3 is 4.74 Å². The van der Waals surface area contributed by atoms with Gasteiger partial charge in [0.1, 0.15) is 12.3 Å². The topological polar surface area (TPSA) is 39.2 Å². The number of pyridine rings is 1. The molecule has 3 nitrogen and oxygen atoms in total. The molecule has 14 heavy (non-hydrogen) atoms. The van der Waals surface area contributed by atoms with Crippen LogP contribution in [0.1, 0.15) is 29.9 Å². The van der Waals surface area contributed by atoms with E-state index in [0.29, 0.717) is 5.69 Å². The molecule has 1 aromatic heterocycles. The number of rotatable bonds is 4. The second-order valence-corrected chi connectivity index (χ2v) is 3.45. The number of aromatic nitrogens is 1. The number of hydrogen-bond donors (Lipinski definition) is 0. The molecule has 0 spiro atoms. The lowest BCUT2D eigenvalue weighted by atomic mass is 10.1. The van der Waals surface area contributed by atoms with Crippen LogP contribution < -0.4 is 0 Å². The number of nitrogens with zero attached hydrogens (tertiary/aromatic N) is 1. The van der Waals surface area contributed by atoms with Crippen molar-refractivity contribution in [2.24, 2.45) is 0 Å². The molecule has 0 saturated heterocycles. The van der Waals surface area contributed by atoms with Crippen molar-refractivity contribution in [3.63, 3.8) is 0 Å². The normalized spacial score (nSPS) is 10.6. The van der Waals surface area contributed by atoms with Gasteiger partial charge in [0, 0.05) is 6.20 Å². The lowest BCUT2D eigenvalue weighted by Gasteiger charge is -2.07. The first-order chi connectivity index (χ1) is 6.61. The molecule has 0 atom stereocenters. The van der Waals surface area contributed by atoms with E-state index in [1.54, 1.807) is 6.20 Å². The average molecular weight is 193 g/mol. The third-order valence-corrected chi connectivity index (χ3v) is 1.82. The predicted octanol–water partition coefficient (Wildman–Crippen LogP) is 2.00. The smallest absolute Gasteiger partial charge is 0.207 e. The van der Waals surface area contributed by atoms with Crippen molar-refractivity contribution in [3.8, 4) is 0 Å². The van der Waals surface area contributed by atoms with Crippen LogP contribution >= 0.6 is 0 Å². The van der Waals surface area contributed by atoms with E-state index in [4.69, 9.17) is 4.74 Å². The number of ketones is 1. The Morgan fingerprint density at radius 3 is 2.86 bits per heavy atom. The molecule has 1 aromatic rings. The minimum atomic E-state index is -0.0585. The zero-order valence-electron chi connectivity index (χ0n) is 8.78. The molecule has 0 saturated carbocycles. The summed E-state index contributed by atoms with van der Waals surface area (Å²) in [6.07, 6.45) is 1.69. The Morgan fingerprint density at radius 1 is 1.57 bits per heavy atom. The second-order valence-electron chi connectivity index (χ2n) is 3.45. The third-order valence-electron chi connectivity index (χ3n) is 1.82. The number of Topliss-reactive ketones (excluding diaryl/α,β-unsaturated/α-hetero) is 1. The Kier molecular flexibility index (Phi) is 3.77. The molecule has 1 rings (SSSR count). The molecular formula is C11H15NO2. The highest BCUT2D eigenvalue weighted by molar-refractivity contribution is 5.96. The Balaban J connectivity index is 2.65. The van der Waals surface area contributed by atoms with Crippen LogP contribution in [0.5, 0.6) is 0 Å². The van der Waals surface area contributed by atoms with Gasteiger partial charge in [-0.1, -0.05) is 6.07 Å². The van der Waals surface area contributed by atoms with Crippen LogP contribution in [-0.4, -0.2) is 23.5 Å². The molecule has 0 aliphatic carbocycles. The largest absolute Gasteiger partial charge is 0.371 e. The molecule has 76 valence electrons. The molecule has 0 aromatic carbocycles. The van der Waals surface area contributed by atoms with Crippen molar-refractivity contribution in [3.05, 3.63) is 29.6 Å². The van der Waals surface area contributed by atoms with E-state index in [1.165, 1.54) is 0 Å². The summed E-state index contributed by atoms with van der Waals surface area (Å²) in [6, 6.07) is 3.69. The van der Waals surface area contributed by atoms with Crippen molar-refractivity contribution in [1.29, 1.82) is 0 Å². The minimum absolute atomic E-state index is 0.0585. The highest BCUT2D eigenvalue weighted by Gasteiger charge is 2.10. The Labute approximate surface area is 84.1 Å². The zero-order chi connectivity index (χ0) is 10.6. The fourth-order valence-corrected chi connectivity index (χ4v) is 1.09. The monoisotopic (exact) mass is 193 g/mol. The van der Waals surface area contributed by atoms with Gasteiger partial charge in [0.2, 0.25) is 5.78 Å². The van der Waals surface area contributed by atoms with Crippen LogP contribution in [0.4, 0.5) is 0 Å². The molecule has 0 aliphatic heterocycles. The summed E-state index contributed by atoms with van der Waals surface area (Å²) < 4.78 is 5.22. The van der Waals surface area contributed by atoms with Gasteiger partial charge in [-0.2, -0.15) is 0 Å². The second kappa shape index (κ2) is 4.86. The van der Waals surface area contributed by atoms with Crippen LogP contribution in [0, 0.1) is 6.92 Å². The van der Waals surface area contributed by atoms with Crippen molar-refractivity contribution in [1.82, 2.24) is 4.98 Å². The van der Waals surface area contributed by atoms with E-state index in [2.05, 4.69) is 4.98 Å². The summed E-state index contributed by atoms with van der Waals surface area (Å²) in [5.41, 5.74) is 1.40. The summed E-state index contributed by atoms with van der Waals surface area (Å²) in [4.78, 5) is 15.6. The fourth-order valence-electron chi connectivity index (χ4n) is 1.09. The van der Waals surface area contributed by atoms with Crippen molar-refractivity contribution >= 4 is 5.78 Å². The highest BCUT2D eigenvalue weighted by Crippen LogP contribution is 2.04. The van der Waals surface area contributed by atoms with E-state index in [9.17, 15) is 4.79 Å². The minimum Gasteiger partial charge on any atom is -0.371 e. The Morgan fingerprint density at radius 2 is 2.29 bits per heavy atom. The number of carbonyl (C=O) groups excluding carboxylic acids is 1. The maximum absolute atomic E-state index is 11.6. The van der Waals surface area contributed by atoms with E-state index in [1.807, 2.05) is 32.9 Å². The van der Waals surface area contributed by atoms with Gasteiger partial charge in [-0.15, -0.1) is 0 Å². The van der Waals surface area contributed by atoms with Crippen molar-refractivity contribution < 1.29 is 9.53 Å². The van der Waals surface area contributed by atoms with E-state index >= 15 is 0 Å². The lowest BCUT2D eigenvalue weighted by Crippen LogP contribution is -2.15. The molecule has 3 heteroatoms. The standard InChI is InChI=1S/C11H15NO2/c1-8(2)14-7-10(13)11-9(3)5-4-6-12-11/h4-6,8H,7H2,1-3H3. The molecular weight excluding hydrogens is 178 g/mol. The number of hydrogen-bond acceptors (Lipinski definition) is 3. The summed E-state index contributed by atoms with van der Waals surface area (Å²) >= 11 is 0. The molecule has 0 bridgehead atoms. The fraction of sp³-hybridized carbons (Fsp3) is 0.455. The average Bonchev–Trinajstić information content (AvgIpc) is 2.15. The van der Waals surface area contributed by atoms with Crippen LogP contribution in [-0.2, 0) is 4.74 Å². The molecule has 0 amide bonds. The van der Waals surface area contributed by atoms with Crippen LogP contribution in [0.25, 0.3) is 0 Å². The summed E-state index contributed by atoms with van der Waals surface area (Å²) in [5.74, 6) is -0.0585.